The number of carbonyl (C=O) groups is 1. The van der Waals surface area contributed by atoms with Gasteiger partial charge >= 0.3 is 5.97 Å². The van der Waals surface area contributed by atoms with Crippen LogP contribution in [0, 0.1) is 69.0 Å². The van der Waals surface area contributed by atoms with Gasteiger partial charge in [0.1, 0.15) is 0 Å². The molecule has 8 unspecified atom stereocenters. The van der Waals surface area contributed by atoms with Crippen LogP contribution in [0.2, 0.25) is 0 Å². The standard InChI is InChI=1S/C32H48NO4P/c1-8-19-37-33-20(2)21-11-16-32(27(34)35)18-17-30(6)22(26(21)32)9-10-24-29(5)14-13-25(38-36)28(3,4)23(29)12-15-31(24,30)7/h1,21-26H,9-19H2,2-7H3,(H,34,35)/b33-20-/t21?,22?,23?,24?,25?,26?,29-,30?,31+,32?/m0/s1. The van der Waals surface area contributed by atoms with Gasteiger partial charge in [0.05, 0.1) is 11.1 Å². The van der Waals surface area contributed by atoms with Crippen molar-refractivity contribution in [2.24, 2.45) is 61.8 Å². The largest absolute Gasteiger partial charge is 0.481 e. The summed E-state index contributed by atoms with van der Waals surface area (Å²) in [4.78, 5) is 18.4. The van der Waals surface area contributed by atoms with Crippen LogP contribution >= 0.6 is 8.46 Å². The molecular weight excluding hydrogens is 493 g/mol. The van der Waals surface area contributed by atoms with Crippen molar-refractivity contribution in [3.63, 3.8) is 0 Å². The molecule has 210 valence electrons. The molecule has 5 aliphatic carbocycles. The molecule has 1 N–H and O–H groups in total. The maximum atomic E-state index is 13.0. The van der Waals surface area contributed by atoms with E-state index in [0.29, 0.717) is 26.2 Å². The smallest absolute Gasteiger partial charge is 0.309 e. The number of rotatable bonds is 5. The molecule has 0 aliphatic heterocycles. The molecule has 10 atom stereocenters. The number of hydrogen-bond donors (Lipinski definition) is 1. The van der Waals surface area contributed by atoms with Crippen molar-refractivity contribution in [3.05, 3.63) is 0 Å². The second-order valence-electron chi connectivity index (χ2n) is 15.0. The first-order valence-corrected chi connectivity index (χ1v) is 15.9. The molecule has 5 saturated carbocycles. The Bertz CT molecular complexity index is 1060. The fourth-order valence-electron chi connectivity index (χ4n) is 11.8. The molecule has 0 spiro atoms. The highest BCUT2D eigenvalue weighted by atomic mass is 31.1. The van der Waals surface area contributed by atoms with Gasteiger partial charge in [0.25, 0.3) is 0 Å². The number of terminal acetylenes is 1. The molecule has 5 aliphatic rings. The molecule has 0 heterocycles. The molecule has 0 aromatic rings. The van der Waals surface area contributed by atoms with Gasteiger partial charge in [-0.15, -0.1) is 6.42 Å². The minimum atomic E-state index is -0.657. The Morgan fingerprint density at radius 1 is 0.974 bits per heavy atom. The van der Waals surface area contributed by atoms with Crippen LogP contribution in [0.5, 0.6) is 0 Å². The highest BCUT2D eigenvalue weighted by Gasteiger charge is 2.72. The van der Waals surface area contributed by atoms with Crippen LogP contribution in [-0.4, -0.2) is 29.1 Å². The van der Waals surface area contributed by atoms with Gasteiger partial charge in [0.2, 0.25) is 0 Å². The molecule has 0 amide bonds. The average Bonchev–Trinajstić information content (AvgIpc) is 3.25. The monoisotopic (exact) mass is 541 g/mol. The van der Waals surface area contributed by atoms with Crippen LogP contribution in [-0.2, 0) is 14.2 Å². The minimum Gasteiger partial charge on any atom is -0.481 e. The fraction of sp³-hybridized carbons (Fsp3) is 0.875. The first-order valence-electron chi connectivity index (χ1n) is 15.0. The normalized spacial score (nSPS) is 49.7. The molecular formula is C32H48NO4P. The van der Waals surface area contributed by atoms with E-state index >= 15 is 0 Å². The van der Waals surface area contributed by atoms with E-state index in [4.69, 9.17) is 11.3 Å². The highest BCUT2D eigenvalue weighted by molar-refractivity contribution is 7.24. The van der Waals surface area contributed by atoms with E-state index in [-0.39, 0.29) is 45.8 Å². The maximum absolute atomic E-state index is 13.0. The van der Waals surface area contributed by atoms with Crippen molar-refractivity contribution < 1.29 is 19.3 Å². The van der Waals surface area contributed by atoms with Crippen molar-refractivity contribution >= 4 is 20.1 Å². The summed E-state index contributed by atoms with van der Waals surface area (Å²) < 4.78 is 12.1. The lowest BCUT2D eigenvalue weighted by atomic mass is 9.32. The molecule has 5 nitrogen and oxygen atoms in total. The van der Waals surface area contributed by atoms with Crippen LogP contribution in [0.15, 0.2) is 5.16 Å². The number of carboxylic acids is 1. The molecule has 0 bridgehead atoms. The van der Waals surface area contributed by atoms with Crippen LogP contribution in [0.4, 0.5) is 0 Å². The third-order valence-electron chi connectivity index (χ3n) is 13.9. The molecule has 0 saturated heterocycles. The van der Waals surface area contributed by atoms with Crippen molar-refractivity contribution in [2.45, 2.75) is 111 Å². The Balaban J connectivity index is 1.53. The van der Waals surface area contributed by atoms with Gasteiger partial charge in [0, 0.05) is 11.6 Å². The topological polar surface area (TPSA) is 76.0 Å². The van der Waals surface area contributed by atoms with Gasteiger partial charge in [0.15, 0.2) is 15.1 Å². The Kier molecular flexibility index (Phi) is 6.91. The molecule has 38 heavy (non-hydrogen) atoms. The Hall–Kier alpha value is -1.40. The van der Waals surface area contributed by atoms with E-state index in [1.807, 2.05) is 6.92 Å². The lowest BCUT2D eigenvalue weighted by Crippen LogP contribution is -2.66. The Morgan fingerprint density at radius 2 is 1.71 bits per heavy atom. The van der Waals surface area contributed by atoms with Gasteiger partial charge < -0.3 is 9.94 Å². The van der Waals surface area contributed by atoms with Crippen molar-refractivity contribution in [1.82, 2.24) is 0 Å². The van der Waals surface area contributed by atoms with E-state index < -0.39 is 11.4 Å². The van der Waals surface area contributed by atoms with E-state index in [0.717, 1.165) is 50.7 Å². The fourth-order valence-corrected chi connectivity index (χ4v) is 12.5. The molecule has 0 radical (unpaired) electrons. The summed E-state index contributed by atoms with van der Waals surface area (Å²) in [5, 5.41) is 15.0. The van der Waals surface area contributed by atoms with Crippen molar-refractivity contribution in [1.29, 1.82) is 0 Å². The number of hydrogen-bond acceptors (Lipinski definition) is 4. The predicted molar refractivity (Wildman–Crippen MR) is 151 cm³/mol. The molecule has 5 rings (SSSR count). The maximum Gasteiger partial charge on any atom is 0.309 e. The molecule has 6 heteroatoms. The quantitative estimate of drug-likeness (QED) is 0.126. The first-order chi connectivity index (χ1) is 17.8. The van der Waals surface area contributed by atoms with Crippen LogP contribution in [0.3, 0.4) is 0 Å². The van der Waals surface area contributed by atoms with E-state index in [1.165, 1.54) is 19.3 Å². The minimum absolute atomic E-state index is 0.0723. The lowest BCUT2D eigenvalue weighted by molar-refractivity contribution is -0.236. The second-order valence-corrected chi connectivity index (χ2v) is 15.8. The van der Waals surface area contributed by atoms with Gasteiger partial charge in [-0.25, -0.2) is 0 Å². The zero-order chi connectivity index (χ0) is 27.7. The summed E-state index contributed by atoms with van der Waals surface area (Å²) in [6.07, 6.45) is 15.6. The summed E-state index contributed by atoms with van der Waals surface area (Å²) in [6, 6.07) is 0. The SMILES string of the molecule is C#CCO/N=C(/C)C1CCC2(C(=O)O)CCC3(C)C(CCC4[C@@]5(C)CCC(P=O)C(C)(C)C5CC[C@]43C)C12. The second kappa shape index (κ2) is 9.33. The third-order valence-corrected chi connectivity index (χ3v) is 15.0. The number of fused-ring (bicyclic) bond motifs is 7. The summed E-state index contributed by atoms with van der Waals surface area (Å²) in [5.74, 6) is 3.65. The van der Waals surface area contributed by atoms with Gasteiger partial charge in [-0.1, -0.05) is 45.7 Å². The highest BCUT2D eigenvalue weighted by Crippen LogP contribution is 2.77. The van der Waals surface area contributed by atoms with Gasteiger partial charge in [-0.2, -0.15) is 0 Å². The van der Waals surface area contributed by atoms with Crippen LogP contribution < -0.4 is 0 Å². The van der Waals surface area contributed by atoms with Crippen LogP contribution in [0.25, 0.3) is 0 Å². The average molecular weight is 542 g/mol. The first kappa shape index (κ1) is 28.1. The summed E-state index contributed by atoms with van der Waals surface area (Å²) in [7, 11) is 0.312. The predicted octanol–water partition coefficient (Wildman–Crippen LogP) is 7.84. The molecule has 0 aromatic carbocycles. The van der Waals surface area contributed by atoms with Gasteiger partial charge in [-0.05, 0) is 116 Å². The number of oxime groups is 1. The summed E-state index contributed by atoms with van der Waals surface area (Å²) in [5.41, 5.74) is 1.08. The molecule has 0 aromatic heterocycles. The van der Waals surface area contributed by atoms with Crippen LogP contribution in [0.1, 0.15) is 106 Å². The summed E-state index contributed by atoms with van der Waals surface area (Å²) in [6.45, 7) is 14.6. The Morgan fingerprint density at radius 3 is 2.37 bits per heavy atom. The van der Waals surface area contributed by atoms with Gasteiger partial charge in [-0.3, -0.25) is 9.36 Å². The Labute approximate surface area is 231 Å². The third kappa shape index (κ3) is 3.57. The van der Waals surface area contributed by atoms with E-state index in [2.05, 4.69) is 45.7 Å². The number of nitrogens with zero attached hydrogens (tertiary/aromatic N) is 1. The zero-order valence-electron chi connectivity index (χ0n) is 24.4. The van der Waals surface area contributed by atoms with Crippen molar-refractivity contribution in [2.75, 3.05) is 6.61 Å². The van der Waals surface area contributed by atoms with E-state index in [1.54, 1.807) is 0 Å². The number of aliphatic carboxylic acids is 1. The number of carboxylic acid groups (broad SMARTS) is 1. The van der Waals surface area contributed by atoms with Crippen molar-refractivity contribution in [3.8, 4) is 12.3 Å². The zero-order valence-corrected chi connectivity index (χ0v) is 25.3. The molecule has 5 fully saturated rings. The summed E-state index contributed by atoms with van der Waals surface area (Å²) >= 11 is 0. The van der Waals surface area contributed by atoms with E-state index in [9.17, 15) is 14.5 Å². The lowest BCUT2D eigenvalue weighted by Gasteiger charge is -2.72.